The highest BCUT2D eigenvalue weighted by atomic mass is 16.6. The Bertz CT molecular complexity index is 361. The third kappa shape index (κ3) is 2.52. The first-order chi connectivity index (χ1) is 7.84. The van der Waals surface area contributed by atoms with Crippen molar-refractivity contribution in [3.63, 3.8) is 0 Å². The van der Waals surface area contributed by atoms with Crippen LogP contribution in [0.1, 0.15) is 27.2 Å². The molecule has 0 radical (unpaired) electrons. The van der Waals surface area contributed by atoms with Gasteiger partial charge < -0.3 is 14.4 Å². The van der Waals surface area contributed by atoms with E-state index < -0.39 is 5.60 Å². The lowest BCUT2D eigenvalue weighted by Gasteiger charge is -2.46. The summed E-state index contributed by atoms with van der Waals surface area (Å²) in [5.41, 5.74) is -0.747. The van der Waals surface area contributed by atoms with Crippen molar-refractivity contribution >= 4 is 6.09 Å². The molecule has 1 unspecified atom stereocenters. The predicted molar refractivity (Wildman–Crippen MR) is 60.2 cm³/mol. The maximum absolute atomic E-state index is 11.7. The third-order valence-corrected chi connectivity index (χ3v) is 3.00. The molecule has 0 aromatic carbocycles. The van der Waals surface area contributed by atoms with Gasteiger partial charge in [0.2, 0.25) is 0 Å². The van der Waals surface area contributed by atoms with Crippen molar-refractivity contribution in [2.45, 2.75) is 38.4 Å². The first-order valence-electron chi connectivity index (χ1n) is 5.85. The van der Waals surface area contributed by atoms with Crippen molar-refractivity contribution in [1.82, 2.24) is 4.90 Å². The second kappa shape index (κ2) is 3.88. The number of hydrogen-bond donors (Lipinski definition) is 0. The highest BCUT2D eigenvalue weighted by Crippen LogP contribution is 2.38. The molecule has 1 spiro atoms. The second-order valence-electron chi connectivity index (χ2n) is 5.86. The predicted octanol–water partition coefficient (Wildman–Crippen LogP) is 1.54. The fourth-order valence-electron chi connectivity index (χ4n) is 2.25. The number of rotatable bonds is 0. The summed E-state index contributed by atoms with van der Waals surface area (Å²) in [6, 6.07) is 2.21. The van der Waals surface area contributed by atoms with Crippen molar-refractivity contribution in [2.24, 2.45) is 5.92 Å². The third-order valence-electron chi connectivity index (χ3n) is 3.00. The summed E-state index contributed by atoms with van der Waals surface area (Å²) < 4.78 is 10.9. The van der Waals surface area contributed by atoms with E-state index in [1.54, 1.807) is 4.90 Å². The van der Waals surface area contributed by atoms with E-state index in [9.17, 15) is 4.79 Å². The Kier molecular flexibility index (Phi) is 2.78. The van der Waals surface area contributed by atoms with E-state index in [0.717, 1.165) is 6.42 Å². The molecule has 2 fully saturated rings. The van der Waals surface area contributed by atoms with E-state index in [1.165, 1.54) is 0 Å². The topological polar surface area (TPSA) is 62.6 Å². The number of carbonyl (C=O) groups excluding carboxylic acids is 1. The lowest BCUT2D eigenvalue weighted by atomic mass is 9.88. The van der Waals surface area contributed by atoms with Gasteiger partial charge >= 0.3 is 6.09 Å². The van der Waals surface area contributed by atoms with Crippen molar-refractivity contribution in [2.75, 3.05) is 19.7 Å². The van der Waals surface area contributed by atoms with Gasteiger partial charge in [0.05, 0.1) is 31.7 Å². The minimum Gasteiger partial charge on any atom is -0.444 e. The SMILES string of the molecule is CC(C)(C)OC(=O)N1CC2(CC(C#N)CO2)C1. The summed E-state index contributed by atoms with van der Waals surface area (Å²) in [7, 11) is 0. The molecule has 2 rings (SSSR count). The van der Waals surface area contributed by atoms with Gasteiger partial charge in [-0.05, 0) is 27.2 Å². The number of carbonyl (C=O) groups is 1. The molecule has 2 saturated heterocycles. The van der Waals surface area contributed by atoms with Crippen LogP contribution in [0.15, 0.2) is 0 Å². The second-order valence-corrected chi connectivity index (χ2v) is 5.86. The molecule has 0 saturated carbocycles. The molecular formula is C12H18N2O3. The van der Waals surface area contributed by atoms with Gasteiger partial charge in [-0.25, -0.2) is 4.79 Å². The zero-order valence-electron chi connectivity index (χ0n) is 10.5. The van der Waals surface area contributed by atoms with E-state index in [-0.39, 0.29) is 17.6 Å². The fourth-order valence-corrected chi connectivity index (χ4v) is 2.25. The van der Waals surface area contributed by atoms with Crippen LogP contribution in [0.5, 0.6) is 0 Å². The maximum atomic E-state index is 11.7. The van der Waals surface area contributed by atoms with Crippen molar-refractivity contribution < 1.29 is 14.3 Å². The first-order valence-corrected chi connectivity index (χ1v) is 5.85. The molecule has 5 heteroatoms. The van der Waals surface area contributed by atoms with Gasteiger partial charge in [0, 0.05) is 0 Å². The van der Waals surface area contributed by atoms with Gasteiger partial charge in [0.1, 0.15) is 11.2 Å². The summed E-state index contributed by atoms with van der Waals surface area (Å²) in [5, 5.41) is 8.81. The number of likely N-dealkylation sites (tertiary alicyclic amines) is 1. The summed E-state index contributed by atoms with van der Waals surface area (Å²) in [4.78, 5) is 13.3. The molecule has 2 aliphatic heterocycles. The lowest BCUT2D eigenvalue weighted by Crippen LogP contribution is -2.63. The first kappa shape index (κ1) is 12.2. The smallest absolute Gasteiger partial charge is 0.410 e. The monoisotopic (exact) mass is 238 g/mol. The molecule has 0 aliphatic carbocycles. The van der Waals surface area contributed by atoms with Crippen LogP contribution in [0.3, 0.4) is 0 Å². The molecular weight excluding hydrogens is 220 g/mol. The van der Waals surface area contributed by atoms with Crippen LogP contribution in [0, 0.1) is 17.2 Å². The van der Waals surface area contributed by atoms with Crippen molar-refractivity contribution in [3.05, 3.63) is 0 Å². The summed E-state index contributed by atoms with van der Waals surface area (Å²) >= 11 is 0. The molecule has 94 valence electrons. The van der Waals surface area contributed by atoms with Gasteiger partial charge in [-0.2, -0.15) is 5.26 Å². The Labute approximate surface area is 101 Å². The zero-order chi connectivity index (χ0) is 12.7. The molecule has 1 amide bonds. The van der Waals surface area contributed by atoms with Crippen LogP contribution >= 0.6 is 0 Å². The van der Waals surface area contributed by atoms with Crippen LogP contribution in [-0.4, -0.2) is 41.9 Å². The molecule has 17 heavy (non-hydrogen) atoms. The Hall–Kier alpha value is -1.28. The quantitative estimate of drug-likeness (QED) is 0.642. The standard InChI is InChI=1S/C12H18N2O3/c1-11(2,3)17-10(15)14-7-12(8-14)4-9(5-13)6-16-12/h9H,4,6-8H2,1-3H3. The summed E-state index contributed by atoms with van der Waals surface area (Å²) in [5.74, 6) is -0.0317. The number of nitriles is 1. The van der Waals surface area contributed by atoms with Crippen LogP contribution < -0.4 is 0 Å². The maximum Gasteiger partial charge on any atom is 0.410 e. The molecule has 0 bridgehead atoms. The Morgan fingerprint density at radius 3 is 2.65 bits per heavy atom. The summed E-state index contributed by atoms with van der Waals surface area (Å²) in [6.45, 7) is 7.10. The molecule has 5 nitrogen and oxygen atoms in total. The number of ether oxygens (including phenoxy) is 2. The van der Waals surface area contributed by atoms with Crippen LogP contribution in [0.2, 0.25) is 0 Å². The highest BCUT2D eigenvalue weighted by molar-refractivity contribution is 5.69. The number of nitrogens with zero attached hydrogens (tertiary/aromatic N) is 2. The van der Waals surface area contributed by atoms with Crippen LogP contribution in [0.25, 0.3) is 0 Å². The van der Waals surface area contributed by atoms with Gasteiger partial charge in [-0.3, -0.25) is 0 Å². The Morgan fingerprint density at radius 1 is 1.53 bits per heavy atom. The van der Waals surface area contributed by atoms with Crippen LogP contribution in [-0.2, 0) is 9.47 Å². The van der Waals surface area contributed by atoms with E-state index >= 15 is 0 Å². The van der Waals surface area contributed by atoms with Crippen LogP contribution in [0.4, 0.5) is 4.79 Å². The fraction of sp³-hybridized carbons (Fsp3) is 0.833. The molecule has 2 aliphatic rings. The van der Waals surface area contributed by atoms with E-state index in [2.05, 4.69) is 6.07 Å². The number of amides is 1. The van der Waals surface area contributed by atoms with E-state index in [4.69, 9.17) is 14.7 Å². The minimum atomic E-state index is -0.467. The minimum absolute atomic E-state index is 0.0317. The van der Waals surface area contributed by atoms with Gasteiger partial charge in [0.25, 0.3) is 0 Å². The Balaban J connectivity index is 1.83. The molecule has 1 atom stereocenters. The van der Waals surface area contributed by atoms with Crippen molar-refractivity contribution in [1.29, 1.82) is 5.26 Å². The van der Waals surface area contributed by atoms with Gasteiger partial charge in [0.15, 0.2) is 0 Å². The van der Waals surface area contributed by atoms with E-state index in [0.29, 0.717) is 19.7 Å². The largest absolute Gasteiger partial charge is 0.444 e. The summed E-state index contributed by atoms with van der Waals surface area (Å²) in [6.07, 6.45) is 0.426. The Morgan fingerprint density at radius 2 is 2.18 bits per heavy atom. The zero-order valence-corrected chi connectivity index (χ0v) is 10.5. The number of hydrogen-bond acceptors (Lipinski definition) is 4. The molecule has 0 N–H and O–H groups in total. The molecule has 0 aromatic rings. The average Bonchev–Trinajstić information content (AvgIpc) is 2.56. The molecule has 2 heterocycles. The van der Waals surface area contributed by atoms with Gasteiger partial charge in [-0.15, -0.1) is 0 Å². The van der Waals surface area contributed by atoms with Gasteiger partial charge in [-0.1, -0.05) is 0 Å². The molecule has 0 aromatic heterocycles. The average molecular weight is 238 g/mol. The van der Waals surface area contributed by atoms with E-state index in [1.807, 2.05) is 20.8 Å². The van der Waals surface area contributed by atoms with Crippen molar-refractivity contribution in [3.8, 4) is 6.07 Å². The lowest BCUT2D eigenvalue weighted by molar-refractivity contribution is -0.109. The normalized spacial score (nSPS) is 26.5. The highest BCUT2D eigenvalue weighted by Gasteiger charge is 2.52.